The van der Waals surface area contributed by atoms with Crippen molar-refractivity contribution in [3.8, 4) is 0 Å². The zero-order chi connectivity index (χ0) is 20.6. The van der Waals surface area contributed by atoms with Gasteiger partial charge in [-0.2, -0.15) is 0 Å². The van der Waals surface area contributed by atoms with Gasteiger partial charge in [-0.3, -0.25) is 14.4 Å². The van der Waals surface area contributed by atoms with Gasteiger partial charge in [-0.25, -0.2) is 4.98 Å². The topological polar surface area (TPSA) is 95.2 Å². The fraction of sp³-hybridized carbons (Fsp3) is 0.182. The molecule has 0 unspecified atom stereocenters. The normalized spacial score (nSPS) is 10.5. The van der Waals surface area contributed by atoms with Crippen LogP contribution in [0.15, 0.2) is 72.0 Å². The maximum absolute atomic E-state index is 12.8. The van der Waals surface area contributed by atoms with Gasteiger partial charge in [-0.05, 0) is 23.8 Å². The Morgan fingerprint density at radius 1 is 1.07 bits per heavy atom. The van der Waals surface area contributed by atoms with Gasteiger partial charge in [-0.15, -0.1) is 0 Å². The summed E-state index contributed by atoms with van der Waals surface area (Å²) in [5, 5.41) is 3.11. The fourth-order valence-electron chi connectivity index (χ4n) is 2.95. The first kappa shape index (κ1) is 20.0. The molecule has 3 rings (SSSR count). The minimum absolute atomic E-state index is 0.129. The summed E-state index contributed by atoms with van der Waals surface area (Å²) in [7, 11) is 0. The molecule has 1 heterocycles. The molecule has 7 nitrogen and oxygen atoms in total. The molecular formula is C22H22N4O3. The average Bonchev–Trinajstić information content (AvgIpc) is 2.74. The molecule has 0 radical (unpaired) electrons. The Morgan fingerprint density at radius 3 is 2.55 bits per heavy atom. The number of carbonyl (C=O) groups excluding carboxylic acids is 2. The van der Waals surface area contributed by atoms with Crippen molar-refractivity contribution >= 4 is 22.7 Å². The number of carbonyl (C=O) groups is 2. The minimum Gasteiger partial charge on any atom is -0.352 e. The van der Waals surface area contributed by atoms with Crippen LogP contribution in [0.3, 0.4) is 0 Å². The lowest BCUT2D eigenvalue weighted by molar-refractivity contribution is -0.132. The first-order valence-corrected chi connectivity index (χ1v) is 9.26. The van der Waals surface area contributed by atoms with Crippen LogP contribution >= 0.6 is 0 Å². The molecule has 0 aliphatic rings. The molecule has 2 amide bonds. The summed E-state index contributed by atoms with van der Waals surface area (Å²) in [4.78, 5) is 45.3. The maximum atomic E-state index is 12.8. The van der Waals surface area contributed by atoms with Gasteiger partial charge in [0.05, 0.1) is 17.4 Å². The van der Waals surface area contributed by atoms with Gasteiger partial charge in [-0.1, -0.05) is 49.0 Å². The van der Waals surface area contributed by atoms with E-state index >= 15 is 0 Å². The van der Waals surface area contributed by atoms with Crippen LogP contribution in [0.5, 0.6) is 0 Å². The lowest BCUT2D eigenvalue weighted by atomic mass is 10.2. The summed E-state index contributed by atoms with van der Waals surface area (Å²) >= 11 is 0. The molecule has 0 spiro atoms. The summed E-state index contributed by atoms with van der Waals surface area (Å²) in [6, 6.07) is 16.6. The van der Waals surface area contributed by atoms with Crippen molar-refractivity contribution < 1.29 is 9.59 Å². The first-order valence-electron chi connectivity index (χ1n) is 9.26. The predicted molar refractivity (Wildman–Crippen MR) is 111 cm³/mol. The number of aromatic nitrogens is 2. The van der Waals surface area contributed by atoms with E-state index in [1.54, 1.807) is 23.1 Å². The summed E-state index contributed by atoms with van der Waals surface area (Å²) in [5.41, 5.74) is 1.30. The van der Waals surface area contributed by atoms with Gasteiger partial charge >= 0.3 is 0 Å². The van der Waals surface area contributed by atoms with Crippen molar-refractivity contribution in [3.05, 3.63) is 89.0 Å². The van der Waals surface area contributed by atoms with Crippen LogP contribution in [0.25, 0.3) is 10.9 Å². The smallest absolute Gasteiger partial charge is 0.258 e. The van der Waals surface area contributed by atoms with E-state index in [-0.39, 0.29) is 36.9 Å². The van der Waals surface area contributed by atoms with E-state index in [0.29, 0.717) is 23.3 Å². The minimum atomic E-state index is -0.326. The first-order chi connectivity index (χ1) is 14.1. The number of H-pyrrole nitrogens is 1. The van der Waals surface area contributed by atoms with Crippen molar-refractivity contribution in [2.75, 3.05) is 6.54 Å². The van der Waals surface area contributed by atoms with Gasteiger partial charge in [0.15, 0.2) is 0 Å². The number of rotatable bonds is 8. The van der Waals surface area contributed by atoms with Crippen molar-refractivity contribution in [2.24, 2.45) is 0 Å². The Morgan fingerprint density at radius 2 is 1.79 bits per heavy atom. The second-order valence-corrected chi connectivity index (χ2v) is 6.51. The molecule has 3 aromatic rings. The number of aromatic amines is 1. The van der Waals surface area contributed by atoms with Gasteiger partial charge in [0.1, 0.15) is 5.82 Å². The van der Waals surface area contributed by atoms with Crippen LogP contribution in [0.1, 0.15) is 17.8 Å². The lowest BCUT2D eigenvalue weighted by Crippen LogP contribution is -2.34. The highest BCUT2D eigenvalue weighted by molar-refractivity contribution is 5.87. The zero-order valence-corrected chi connectivity index (χ0v) is 15.9. The highest BCUT2D eigenvalue weighted by Gasteiger charge is 2.16. The molecular weight excluding hydrogens is 368 g/mol. The lowest BCUT2D eigenvalue weighted by Gasteiger charge is -2.22. The van der Waals surface area contributed by atoms with E-state index in [2.05, 4.69) is 21.9 Å². The third-order valence-corrected chi connectivity index (χ3v) is 4.39. The number of para-hydroxylation sites is 1. The van der Waals surface area contributed by atoms with Crippen LogP contribution in [-0.4, -0.2) is 33.2 Å². The van der Waals surface area contributed by atoms with Crippen molar-refractivity contribution in [1.82, 2.24) is 20.2 Å². The number of nitrogens with zero attached hydrogens (tertiary/aromatic N) is 2. The Bertz CT molecular complexity index is 1080. The van der Waals surface area contributed by atoms with Crippen molar-refractivity contribution in [3.63, 3.8) is 0 Å². The molecule has 1 aromatic heterocycles. The van der Waals surface area contributed by atoms with Gasteiger partial charge < -0.3 is 15.2 Å². The fourth-order valence-corrected chi connectivity index (χ4v) is 2.95. The monoisotopic (exact) mass is 390 g/mol. The van der Waals surface area contributed by atoms with Crippen LogP contribution in [0, 0.1) is 0 Å². The molecule has 0 fully saturated rings. The highest BCUT2D eigenvalue weighted by Crippen LogP contribution is 2.11. The number of benzene rings is 2. The molecule has 2 N–H and O–H groups in total. The number of hydrogen-bond acceptors (Lipinski definition) is 4. The Labute approximate surface area is 168 Å². The van der Waals surface area contributed by atoms with E-state index < -0.39 is 0 Å². The van der Waals surface area contributed by atoms with Crippen molar-refractivity contribution in [2.45, 2.75) is 19.5 Å². The standard InChI is InChI=1S/C22H22N4O3/c1-2-20(27)23-13-12-21(28)26(14-16-8-4-3-5-9-16)15-19-24-18-11-7-6-10-17(18)22(29)25-19/h2-11H,1,12-15H2,(H,23,27)(H,24,25,29). The zero-order valence-electron chi connectivity index (χ0n) is 15.9. The number of amides is 2. The van der Waals surface area contributed by atoms with E-state index in [1.807, 2.05) is 36.4 Å². The summed E-state index contributed by atoms with van der Waals surface area (Å²) in [6.07, 6.45) is 1.29. The van der Waals surface area contributed by atoms with Gasteiger partial charge in [0.2, 0.25) is 11.8 Å². The molecule has 0 atom stereocenters. The third kappa shape index (κ3) is 5.38. The Hall–Kier alpha value is -3.74. The SMILES string of the molecule is C=CC(=O)NCCC(=O)N(Cc1ccccc1)Cc1nc2ccccc2c(=O)[nH]1. The predicted octanol–water partition coefficient (Wildman–Crippen LogP) is 2.14. The molecule has 148 valence electrons. The van der Waals surface area contributed by atoms with E-state index in [4.69, 9.17) is 0 Å². The highest BCUT2D eigenvalue weighted by atomic mass is 16.2. The summed E-state index contributed by atoms with van der Waals surface area (Å²) < 4.78 is 0. The second kappa shape index (κ2) is 9.45. The number of fused-ring (bicyclic) bond motifs is 1. The Kier molecular flexibility index (Phi) is 6.52. The third-order valence-electron chi connectivity index (χ3n) is 4.39. The van der Waals surface area contributed by atoms with Crippen LogP contribution in [0.2, 0.25) is 0 Å². The number of nitrogens with one attached hydrogen (secondary N) is 2. The van der Waals surface area contributed by atoms with Gasteiger partial charge in [0.25, 0.3) is 5.56 Å². The molecule has 0 aliphatic carbocycles. The maximum Gasteiger partial charge on any atom is 0.258 e. The second-order valence-electron chi connectivity index (χ2n) is 6.51. The van der Waals surface area contributed by atoms with E-state index in [0.717, 1.165) is 11.6 Å². The summed E-state index contributed by atoms with van der Waals surface area (Å²) in [6.45, 7) is 4.12. The molecule has 0 bridgehead atoms. The molecule has 0 saturated heterocycles. The molecule has 0 saturated carbocycles. The van der Waals surface area contributed by atoms with Crippen LogP contribution < -0.4 is 10.9 Å². The van der Waals surface area contributed by atoms with E-state index in [1.165, 1.54) is 0 Å². The molecule has 0 aliphatic heterocycles. The quantitative estimate of drug-likeness (QED) is 0.576. The summed E-state index contributed by atoms with van der Waals surface area (Å²) in [5.74, 6) is -0.0740. The molecule has 2 aromatic carbocycles. The Balaban J connectivity index is 1.80. The van der Waals surface area contributed by atoms with E-state index in [9.17, 15) is 14.4 Å². The van der Waals surface area contributed by atoms with Crippen LogP contribution in [0.4, 0.5) is 0 Å². The van der Waals surface area contributed by atoms with Crippen molar-refractivity contribution in [1.29, 1.82) is 0 Å². The number of hydrogen-bond donors (Lipinski definition) is 2. The average molecular weight is 390 g/mol. The largest absolute Gasteiger partial charge is 0.352 e. The molecule has 7 heteroatoms. The van der Waals surface area contributed by atoms with Crippen LogP contribution in [-0.2, 0) is 22.7 Å². The van der Waals surface area contributed by atoms with Gasteiger partial charge in [0, 0.05) is 19.5 Å². The molecule has 29 heavy (non-hydrogen) atoms.